The molecule has 0 aromatic carbocycles. The number of hydrogen-bond donors (Lipinski definition) is 1. The van der Waals surface area contributed by atoms with Crippen molar-refractivity contribution in [1.82, 2.24) is 0 Å². The molecule has 9 aliphatic carbocycles. The van der Waals surface area contributed by atoms with E-state index in [0.717, 1.165) is 64.2 Å². The molecule has 9 saturated carbocycles. The molecule has 19 heteroatoms. The molecular weight excluding hydrogens is 1220 g/mol. The van der Waals surface area contributed by atoms with Crippen molar-refractivity contribution in [2.75, 3.05) is 20.3 Å². The summed E-state index contributed by atoms with van der Waals surface area (Å²) in [7, 11) is 1.27. The van der Waals surface area contributed by atoms with Gasteiger partial charge in [-0.15, -0.1) is 0 Å². The molecule has 2 saturated heterocycles. The van der Waals surface area contributed by atoms with Crippen LogP contribution in [0.4, 0.5) is 0 Å². The Morgan fingerprint density at radius 1 is 0.558 bits per heavy atom. The second-order valence-electron chi connectivity index (χ2n) is 34.6. The van der Waals surface area contributed by atoms with E-state index in [2.05, 4.69) is 34.6 Å². The lowest BCUT2D eigenvalue weighted by Gasteiger charge is -2.59. The van der Waals surface area contributed by atoms with Crippen LogP contribution < -0.4 is 0 Å². The lowest BCUT2D eigenvalue weighted by atomic mass is 9.52. The van der Waals surface area contributed by atoms with E-state index in [0.29, 0.717) is 37.5 Å². The van der Waals surface area contributed by atoms with Crippen LogP contribution in [0.25, 0.3) is 0 Å². The van der Waals surface area contributed by atoms with Crippen molar-refractivity contribution < 1.29 is 90.9 Å². The monoisotopic (exact) mass is 1340 g/mol. The number of aliphatic hydroxyl groups is 1. The number of cyclic esters (lactones) is 1. The third-order valence-corrected chi connectivity index (χ3v) is 24.8. The van der Waals surface area contributed by atoms with E-state index in [1.807, 2.05) is 83.1 Å². The lowest BCUT2D eigenvalue weighted by Crippen LogP contribution is -2.61. The van der Waals surface area contributed by atoms with Crippen LogP contribution in [0.3, 0.4) is 0 Å². The number of esters is 9. The summed E-state index contributed by atoms with van der Waals surface area (Å²) >= 11 is 0. The summed E-state index contributed by atoms with van der Waals surface area (Å²) in [6, 6.07) is 0. The van der Waals surface area contributed by atoms with Gasteiger partial charge in [0.05, 0.1) is 58.0 Å². The Morgan fingerprint density at radius 2 is 1.02 bits per heavy atom. The zero-order valence-corrected chi connectivity index (χ0v) is 62.1. The van der Waals surface area contributed by atoms with Gasteiger partial charge in [-0.25, -0.2) is 4.79 Å². The molecule has 1 N–H and O–H groups in total. The van der Waals surface area contributed by atoms with Crippen molar-refractivity contribution in [1.29, 1.82) is 0 Å². The zero-order valence-electron chi connectivity index (χ0n) is 62.1. The number of hydrogen-bond acceptors (Lipinski definition) is 19. The Labute approximate surface area is 568 Å². The number of carbonyl (C=O) groups is 9. The fourth-order valence-corrected chi connectivity index (χ4v) is 16.3. The number of carbonyl (C=O) groups excluding carboxylic acids is 9. The van der Waals surface area contributed by atoms with Gasteiger partial charge in [0.15, 0.2) is 6.61 Å². The average Bonchev–Trinajstić information content (AvgIpc) is 1.61. The molecule has 0 aromatic heterocycles. The summed E-state index contributed by atoms with van der Waals surface area (Å²) in [5.41, 5.74) is -3.34. The van der Waals surface area contributed by atoms with Crippen LogP contribution in [0, 0.1) is 73.4 Å². The molecule has 0 radical (unpaired) electrons. The van der Waals surface area contributed by atoms with Gasteiger partial charge >= 0.3 is 53.7 Å². The molecule has 1 spiro atoms. The van der Waals surface area contributed by atoms with Gasteiger partial charge in [0.2, 0.25) is 0 Å². The summed E-state index contributed by atoms with van der Waals surface area (Å²) in [5.74, 6) is -3.31. The summed E-state index contributed by atoms with van der Waals surface area (Å²) in [6.45, 7) is 37.3. The van der Waals surface area contributed by atoms with Crippen molar-refractivity contribution in [2.45, 2.75) is 333 Å². The Kier molecular flexibility index (Phi) is 25.3. The van der Waals surface area contributed by atoms with Gasteiger partial charge < -0.3 is 47.7 Å². The Hall–Kier alpha value is -4.81. The van der Waals surface area contributed by atoms with Crippen molar-refractivity contribution in [2.24, 2.45) is 73.4 Å². The first-order chi connectivity index (χ1) is 43.9. The van der Waals surface area contributed by atoms with Crippen LogP contribution in [0.5, 0.6) is 0 Å². The molecule has 6 bridgehead atoms. The first-order valence-electron chi connectivity index (χ1n) is 36.4. The van der Waals surface area contributed by atoms with Crippen LogP contribution >= 0.6 is 0 Å². The predicted molar refractivity (Wildman–Crippen MR) is 356 cm³/mol. The first-order valence-corrected chi connectivity index (χ1v) is 36.4. The Balaban J connectivity index is 0.000000191. The molecule has 11 aliphatic rings. The van der Waals surface area contributed by atoms with Gasteiger partial charge in [0, 0.05) is 29.1 Å². The van der Waals surface area contributed by atoms with Gasteiger partial charge in [-0.05, 0) is 216 Å². The number of ether oxygens (including phenoxy) is 9. The molecule has 11 fully saturated rings. The van der Waals surface area contributed by atoms with Crippen LogP contribution in [0.15, 0.2) is 0 Å². The molecule has 11 rings (SSSR count). The van der Waals surface area contributed by atoms with Gasteiger partial charge in [-0.2, -0.15) is 0 Å². The summed E-state index contributed by atoms with van der Waals surface area (Å²) in [6.07, 6.45) is 22.9. The van der Waals surface area contributed by atoms with Crippen molar-refractivity contribution in [3.05, 3.63) is 0 Å². The SMILES string of the molecule is CCC(C)(C)C(=O)OC1(C(C)(C)C)CCCC1.CCC(C)(C)C(=O)OC1(C)CCCCC12CCCC2.CCC(C)(C)C(=O)OC12CC3CC(CC(O)(C3)C1)C2.CCC(C)(C)C(=O)OC1COC(=O)C1.CCC(C)(C)C(=O)OCC(=O)OC1C2CC3C1OC(=O)C3C2C(=O)OC. The molecule has 10 atom stereocenters. The van der Waals surface area contributed by atoms with Crippen LogP contribution in [0.2, 0.25) is 0 Å². The third-order valence-electron chi connectivity index (χ3n) is 24.8. The summed E-state index contributed by atoms with van der Waals surface area (Å²) < 4.78 is 48.6. The lowest BCUT2D eigenvalue weighted by molar-refractivity contribution is -0.225. The van der Waals surface area contributed by atoms with Gasteiger partial charge in [0.25, 0.3) is 0 Å². The van der Waals surface area contributed by atoms with Gasteiger partial charge in [0.1, 0.15) is 41.7 Å². The van der Waals surface area contributed by atoms with Gasteiger partial charge in [-0.1, -0.05) is 74.7 Å². The largest absolute Gasteiger partial charge is 0.469 e. The van der Waals surface area contributed by atoms with Crippen molar-refractivity contribution >= 4 is 53.7 Å². The molecule has 0 aromatic rings. The Morgan fingerprint density at radius 3 is 1.48 bits per heavy atom. The highest BCUT2D eigenvalue weighted by Crippen LogP contribution is 2.61. The van der Waals surface area contributed by atoms with E-state index in [1.54, 1.807) is 13.8 Å². The number of rotatable bonds is 18. The molecule has 19 nitrogen and oxygen atoms in total. The van der Waals surface area contributed by atoms with E-state index >= 15 is 0 Å². The maximum Gasteiger partial charge on any atom is 0.344 e. The summed E-state index contributed by atoms with van der Waals surface area (Å²) in [4.78, 5) is 108. The minimum absolute atomic E-state index is 0.00525. The van der Waals surface area contributed by atoms with E-state index in [-0.39, 0.29) is 99.3 Å². The summed E-state index contributed by atoms with van der Waals surface area (Å²) in [5, 5.41) is 10.6. The minimum atomic E-state index is -0.717. The highest BCUT2D eigenvalue weighted by atomic mass is 16.6. The smallest absolute Gasteiger partial charge is 0.344 e. The minimum Gasteiger partial charge on any atom is -0.469 e. The van der Waals surface area contributed by atoms with Crippen molar-refractivity contribution in [3.8, 4) is 0 Å². The highest BCUT2D eigenvalue weighted by Gasteiger charge is 2.70. The molecular formula is C76H124O19. The van der Waals surface area contributed by atoms with Crippen LogP contribution in [0.1, 0.15) is 292 Å². The molecule has 0 amide bonds. The molecule has 2 heterocycles. The van der Waals surface area contributed by atoms with E-state index in [1.165, 1.54) is 71.3 Å². The van der Waals surface area contributed by atoms with Crippen LogP contribution in [-0.4, -0.2) is 120 Å². The third kappa shape index (κ3) is 18.0. The maximum atomic E-state index is 12.5. The van der Waals surface area contributed by atoms with Crippen molar-refractivity contribution in [3.63, 3.8) is 0 Å². The average molecular weight is 1340 g/mol. The molecule has 10 unspecified atom stereocenters. The molecule has 542 valence electrons. The maximum absolute atomic E-state index is 12.5. The standard InChI is InChI=1S/C18H24O8.C17H30O2.C16H26O3.C15H28O2.C10H16O4/c1-5-18(2,3)17(22)24-7-10(19)25-13-8-6-9-12(11(8)15(20)23-4)16(21)26-14(9)13;1-5-15(2,3)14(18)19-16(4)10-6-7-11-17(16)12-8-9-13-17;1-4-14(2,3)13(17)19-16-8-11-5-12(9-16)7-15(18,6-11)10-16;1-7-14(5,6)12(16)17-15(13(2,3)4)10-8-9-11-15;1-4-10(2,3)9(12)14-7-5-8(11)13-6-7/h8-9,11-14H,5-7H2,1-4H3;5-13H2,1-4H3;11-12,18H,4-10H2,1-3H3;7-11H2,1-6H3;7H,4-6H2,1-3H3. The number of methoxy groups -OCH3 is 1. The fraction of sp³-hybridized carbons (Fsp3) is 0.882. The highest BCUT2D eigenvalue weighted by molar-refractivity contribution is 5.87. The second kappa shape index (κ2) is 30.3. The van der Waals surface area contributed by atoms with Crippen LogP contribution in [-0.2, 0) is 85.8 Å². The van der Waals surface area contributed by atoms with E-state index in [4.69, 9.17) is 42.6 Å². The normalized spacial score (nSPS) is 31.3. The Bertz CT molecular complexity index is 2720. The molecule has 95 heavy (non-hydrogen) atoms. The van der Waals surface area contributed by atoms with Gasteiger partial charge in [-0.3, -0.25) is 38.4 Å². The quantitative estimate of drug-likeness (QED) is 0.0988. The van der Waals surface area contributed by atoms with E-state index < -0.39 is 76.4 Å². The number of fused-ring (bicyclic) bond motifs is 1. The second-order valence-corrected chi connectivity index (χ2v) is 34.6. The topological polar surface area (TPSA) is 257 Å². The first kappa shape index (κ1) is 79.2. The molecule has 2 aliphatic heterocycles. The predicted octanol–water partition coefficient (Wildman–Crippen LogP) is 14.4. The fourth-order valence-electron chi connectivity index (χ4n) is 16.3. The van der Waals surface area contributed by atoms with E-state index in [9.17, 15) is 48.3 Å². The zero-order chi connectivity index (χ0) is 71.3.